The van der Waals surface area contributed by atoms with Crippen LogP contribution in [0.15, 0.2) is 12.4 Å². The number of nitrogens with one attached hydrogen (secondary N) is 1. The van der Waals surface area contributed by atoms with Crippen molar-refractivity contribution < 1.29 is 9.90 Å². The van der Waals surface area contributed by atoms with Crippen LogP contribution in [0.5, 0.6) is 0 Å². The summed E-state index contributed by atoms with van der Waals surface area (Å²) in [6.07, 6.45) is 3.08. The van der Waals surface area contributed by atoms with E-state index in [1.807, 2.05) is 6.92 Å². The molecule has 1 atom stereocenters. The summed E-state index contributed by atoms with van der Waals surface area (Å²) in [6.45, 7) is 2.53. The molecule has 1 amide bonds. The molecule has 1 rings (SSSR count). The predicted octanol–water partition coefficient (Wildman–Crippen LogP) is -0.790. The van der Waals surface area contributed by atoms with Crippen molar-refractivity contribution in [2.24, 2.45) is 5.92 Å². The number of carbonyl (C=O) groups excluding carboxylic acids is 1. The van der Waals surface area contributed by atoms with E-state index in [1.54, 1.807) is 6.20 Å². The van der Waals surface area contributed by atoms with Gasteiger partial charge in [0.2, 0.25) is 5.91 Å². The van der Waals surface area contributed by atoms with Crippen LogP contribution in [-0.4, -0.2) is 33.9 Å². The standard InChI is InChI=1S/C9H16N4O2/c1-7(6-14)2-11-9(15)5-13-4-8(10)3-12-13/h3-4,7,14H,2,5-6,10H2,1H3,(H,11,15). The molecule has 84 valence electrons. The molecular formula is C9H16N4O2. The van der Waals surface area contributed by atoms with Crippen molar-refractivity contribution in [3.63, 3.8) is 0 Å². The number of aliphatic hydroxyl groups excluding tert-OH is 1. The van der Waals surface area contributed by atoms with Gasteiger partial charge in [-0.2, -0.15) is 5.10 Å². The lowest BCUT2D eigenvalue weighted by Crippen LogP contribution is -2.32. The molecule has 0 aliphatic heterocycles. The number of carbonyl (C=O) groups is 1. The van der Waals surface area contributed by atoms with Gasteiger partial charge in [-0.25, -0.2) is 0 Å². The smallest absolute Gasteiger partial charge is 0.241 e. The van der Waals surface area contributed by atoms with E-state index in [0.29, 0.717) is 12.2 Å². The van der Waals surface area contributed by atoms with Crippen LogP contribution in [0.2, 0.25) is 0 Å². The quantitative estimate of drug-likeness (QED) is 0.596. The second-order valence-electron chi connectivity index (χ2n) is 3.56. The average molecular weight is 212 g/mol. The highest BCUT2D eigenvalue weighted by Gasteiger charge is 2.05. The Kier molecular flexibility index (Phi) is 4.11. The fourth-order valence-electron chi connectivity index (χ4n) is 1.02. The highest BCUT2D eigenvalue weighted by Crippen LogP contribution is 1.97. The third-order valence-corrected chi connectivity index (χ3v) is 1.92. The highest BCUT2D eigenvalue weighted by atomic mass is 16.3. The summed E-state index contributed by atoms with van der Waals surface area (Å²) in [5.41, 5.74) is 5.98. The van der Waals surface area contributed by atoms with Gasteiger partial charge in [0.1, 0.15) is 6.54 Å². The van der Waals surface area contributed by atoms with Crippen molar-refractivity contribution in [2.75, 3.05) is 18.9 Å². The molecule has 15 heavy (non-hydrogen) atoms. The van der Waals surface area contributed by atoms with Crippen LogP contribution in [0.25, 0.3) is 0 Å². The molecule has 0 aromatic carbocycles. The number of anilines is 1. The monoisotopic (exact) mass is 212 g/mol. The fourth-order valence-corrected chi connectivity index (χ4v) is 1.02. The first-order valence-corrected chi connectivity index (χ1v) is 4.77. The number of amides is 1. The number of nitrogens with zero attached hydrogens (tertiary/aromatic N) is 2. The summed E-state index contributed by atoms with van der Waals surface area (Å²) in [5.74, 6) is -0.0740. The summed E-state index contributed by atoms with van der Waals surface area (Å²) < 4.78 is 1.47. The second-order valence-corrected chi connectivity index (χ2v) is 3.56. The molecule has 6 heteroatoms. The van der Waals surface area contributed by atoms with Gasteiger partial charge < -0.3 is 16.2 Å². The van der Waals surface area contributed by atoms with Crippen LogP contribution in [0.1, 0.15) is 6.92 Å². The number of nitrogen functional groups attached to an aromatic ring is 1. The Labute approximate surface area is 88.1 Å². The van der Waals surface area contributed by atoms with E-state index in [-0.39, 0.29) is 25.0 Å². The molecule has 0 radical (unpaired) electrons. The zero-order valence-electron chi connectivity index (χ0n) is 8.68. The molecule has 0 fully saturated rings. The van der Waals surface area contributed by atoms with E-state index in [4.69, 9.17) is 10.8 Å². The van der Waals surface area contributed by atoms with Crippen molar-refractivity contribution in [1.82, 2.24) is 15.1 Å². The predicted molar refractivity (Wildman–Crippen MR) is 55.9 cm³/mol. The Morgan fingerprint density at radius 1 is 1.80 bits per heavy atom. The van der Waals surface area contributed by atoms with Crippen molar-refractivity contribution in [3.8, 4) is 0 Å². The number of hydrogen-bond acceptors (Lipinski definition) is 4. The van der Waals surface area contributed by atoms with Crippen LogP contribution in [-0.2, 0) is 11.3 Å². The summed E-state index contributed by atoms with van der Waals surface area (Å²) in [6, 6.07) is 0. The number of aliphatic hydroxyl groups is 1. The summed E-state index contributed by atoms with van der Waals surface area (Å²) in [4.78, 5) is 11.3. The maximum Gasteiger partial charge on any atom is 0.241 e. The molecule has 1 aromatic rings. The van der Waals surface area contributed by atoms with E-state index in [1.165, 1.54) is 10.9 Å². The van der Waals surface area contributed by atoms with Gasteiger partial charge in [-0.1, -0.05) is 6.92 Å². The number of nitrogens with two attached hydrogens (primary N) is 1. The summed E-state index contributed by atoms with van der Waals surface area (Å²) in [7, 11) is 0. The maximum absolute atomic E-state index is 11.3. The van der Waals surface area contributed by atoms with Crippen molar-refractivity contribution in [2.45, 2.75) is 13.5 Å². The van der Waals surface area contributed by atoms with E-state index in [0.717, 1.165) is 0 Å². The molecule has 1 aromatic heterocycles. The first-order valence-electron chi connectivity index (χ1n) is 4.77. The number of rotatable bonds is 5. The van der Waals surface area contributed by atoms with Gasteiger partial charge in [-0.15, -0.1) is 0 Å². The normalized spacial score (nSPS) is 12.4. The highest BCUT2D eigenvalue weighted by molar-refractivity contribution is 5.75. The van der Waals surface area contributed by atoms with E-state index < -0.39 is 0 Å². The number of hydrogen-bond donors (Lipinski definition) is 3. The molecule has 6 nitrogen and oxygen atoms in total. The largest absolute Gasteiger partial charge is 0.396 e. The van der Waals surface area contributed by atoms with Gasteiger partial charge in [0.05, 0.1) is 11.9 Å². The van der Waals surface area contributed by atoms with Crippen LogP contribution in [0.4, 0.5) is 5.69 Å². The lowest BCUT2D eigenvalue weighted by Gasteiger charge is -2.09. The first kappa shape index (κ1) is 11.5. The van der Waals surface area contributed by atoms with Crippen LogP contribution in [0.3, 0.4) is 0 Å². The van der Waals surface area contributed by atoms with E-state index in [2.05, 4.69) is 10.4 Å². The third-order valence-electron chi connectivity index (χ3n) is 1.92. The fraction of sp³-hybridized carbons (Fsp3) is 0.556. The van der Waals surface area contributed by atoms with E-state index in [9.17, 15) is 4.79 Å². The molecule has 0 aliphatic rings. The Balaban J connectivity index is 2.30. The minimum absolute atomic E-state index is 0.0645. The Morgan fingerprint density at radius 3 is 3.07 bits per heavy atom. The molecule has 0 aliphatic carbocycles. The minimum atomic E-state index is -0.140. The first-order chi connectivity index (χ1) is 7.11. The van der Waals surface area contributed by atoms with Crippen molar-refractivity contribution in [3.05, 3.63) is 12.4 Å². The summed E-state index contributed by atoms with van der Waals surface area (Å²) >= 11 is 0. The van der Waals surface area contributed by atoms with Gasteiger partial charge in [-0.3, -0.25) is 9.48 Å². The zero-order valence-corrected chi connectivity index (χ0v) is 8.68. The Morgan fingerprint density at radius 2 is 2.53 bits per heavy atom. The Bertz CT molecular complexity index is 324. The van der Waals surface area contributed by atoms with Gasteiger partial charge >= 0.3 is 0 Å². The SMILES string of the molecule is CC(CO)CNC(=O)Cn1cc(N)cn1. The molecule has 1 unspecified atom stereocenters. The van der Waals surface area contributed by atoms with Gasteiger partial charge in [0.25, 0.3) is 0 Å². The van der Waals surface area contributed by atoms with Crippen LogP contribution < -0.4 is 11.1 Å². The van der Waals surface area contributed by atoms with Gasteiger partial charge in [-0.05, 0) is 5.92 Å². The van der Waals surface area contributed by atoms with Gasteiger partial charge in [0.15, 0.2) is 0 Å². The molecule has 0 bridgehead atoms. The zero-order chi connectivity index (χ0) is 11.3. The summed E-state index contributed by atoms with van der Waals surface area (Å²) in [5, 5.41) is 15.3. The molecule has 4 N–H and O–H groups in total. The average Bonchev–Trinajstić information content (AvgIpc) is 2.60. The van der Waals surface area contributed by atoms with Gasteiger partial charge in [0, 0.05) is 19.3 Å². The topological polar surface area (TPSA) is 93.2 Å². The minimum Gasteiger partial charge on any atom is -0.396 e. The Hall–Kier alpha value is -1.56. The molecule has 0 saturated carbocycles. The molecule has 0 spiro atoms. The molecule has 1 heterocycles. The van der Waals surface area contributed by atoms with Crippen LogP contribution in [0, 0.1) is 5.92 Å². The van der Waals surface area contributed by atoms with Crippen molar-refractivity contribution in [1.29, 1.82) is 0 Å². The van der Waals surface area contributed by atoms with Crippen LogP contribution >= 0.6 is 0 Å². The third kappa shape index (κ3) is 3.99. The lowest BCUT2D eigenvalue weighted by atomic mass is 10.2. The maximum atomic E-state index is 11.3. The number of aromatic nitrogens is 2. The van der Waals surface area contributed by atoms with Crippen molar-refractivity contribution >= 4 is 11.6 Å². The molecular weight excluding hydrogens is 196 g/mol. The molecule has 0 saturated heterocycles. The second kappa shape index (κ2) is 5.35. The lowest BCUT2D eigenvalue weighted by molar-refractivity contribution is -0.122. The van der Waals surface area contributed by atoms with E-state index >= 15 is 0 Å².